The summed E-state index contributed by atoms with van der Waals surface area (Å²) < 4.78 is 29.4. The van der Waals surface area contributed by atoms with Crippen molar-refractivity contribution in [1.82, 2.24) is 24.4 Å². The van der Waals surface area contributed by atoms with Gasteiger partial charge in [-0.15, -0.1) is 0 Å². The van der Waals surface area contributed by atoms with E-state index in [1.54, 1.807) is 26.1 Å². The maximum Gasteiger partial charge on any atom is 0.220 e. The number of pyridine rings is 1. The summed E-state index contributed by atoms with van der Waals surface area (Å²) in [5.74, 6) is 4.99. The monoisotopic (exact) mass is 426 g/mol. The molecule has 1 aliphatic heterocycles. The maximum atomic E-state index is 14.6. The quantitative estimate of drug-likeness (QED) is 0.623. The molecular formula is C22H24F2N6O. The molecule has 0 aromatic carbocycles. The van der Waals surface area contributed by atoms with Crippen molar-refractivity contribution in [2.45, 2.75) is 31.9 Å². The predicted molar refractivity (Wildman–Crippen MR) is 114 cm³/mol. The fraction of sp³-hybridized carbons (Fsp3) is 0.409. The van der Waals surface area contributed by atoms with Gasteiger partial charge in [0.2, 0.25) is 5.95 Å². The van der Waals surface area contributed by atoms with Gasteiger partial charge in [0, 0.05) is 42.8 Å². The molecule has 3 aromatic heterocycles. The Balaban J connectivity index is 1.86. The second-order valence-corrected chi connectivity index (χ2v) is 8.20. The number of alkyl halides is 1. The minimum atomic E-state index is -1.16. The van der Waals surface area contributed by atoms with Crippen LogP contribution in [0, 0.1) is 17.7 Å². The molecule has 162 valence electrons. The molecule has 1 fully saturated rings. The van der Waals surface area contributed by atoms with Crippen molar-refractivity contribution >= 4 is 16.9 Å². The first-order chi connectivity index (χ1) is 14.7. The molecule has 9 heteroatoms. The SMILES string of the molecule is CC(C)(O)C#Cc1cc2c(-c3nc(N)ncc3F)cn(C3CCN(CCF)C3)c2cn1. The molecule has 4 rings (SSSR count). The van der Waals surface area contributed by atoms with Crippen LogP contribution in [0.1, 0.15) is 32.0 Å². The molecule has 3 aromatic rings. The number of likely N-dealkylation sites (tertiary alicyclic amines) is 1. The lowest BCUT2D eigenvalue weighted by Crippen LogP contribution is -2.23. The topological polar surface area (TPSA) is 93.1 Å². The molecule has 0 bridgehead atoms. The summed E-state index contributed by atoms with van der Waals surface area (Å²) in [7, 11) is 0. The van der Waals surface area contributed by atoms with Crippen molar-refractivity contribution in [3.8, 4) is 23.1 Å². The highest BCUT2D eigenvalue weighted by Crippen LogP contribution is 2.35. The molecule has 1 saturated heterocycles. The van der Waals surface area contributed by atoms with Crippen LogP contribution in [0.15, 0.2) is 24.7 Å². The van der Waals surface area contributed by atoms with Gasteiger partial charge < -0.3 is 15.4 Å². The van der Waals surface area contributed by atoms with Crippen LogP contribution in [0.25, 0.3) is 22.2 Å². The molecule has 4 heterocycles. The summed E-state index contributed by atoms with van der Waals surface area (Å²) >= 11 is 0. The van der Waals surface area contributed by atoms with Crippen LogP contribution < -0.4 is 5.73 Å². The number of hydrogen-bond acceptors (Lipinski definition) is 6. The zero-order chi connectivity index (χ0) is 22.2. The van der Waals surface area contributed by atoms with Crippen molar-refractivity contribution in [3.05, 3.63) is 36.2 Å². The van der Waals surface area contributed by atoms with Gasteiger partial charge >= 0.3 is 0 Å². The Kier molecular flexibility index (Phi) is 5.60. The molecule has 1 unspecified atom stereocenters. The number of halogens is 2. The van der Waals surface area contributed by atoms with E-state index in [2.05, 4.69) is 31.7 Å². The Bertz CT molecular complexity index is 1170. The highest BCUT2D eigenvalue weighted by atomic mass is 19.1. The highest BCUT2D eigenvalue weighted by molar-refractivity contribution is 5.95. The lowest BCUT2D eigenvalue weighted by atomic mass is 10.1. The number of hydrogen-bond donors (Lipinski definition) is 2. The van der Waals surface area contributed by atoms with Gasteiger partial charge in [-0.25, -0.2) is 23.7 Å². The van der Waals surface area contributed by atoms with Crippen LogP contribution in [0.5, 0.6) is 0 Å². The van der Waals surface area contributed by atoms with Crippen molar-refractivity contribution in [1.29, 1.82) is 0 Å². The molecule has 31 heavy (non-hydrogen) atoms. The van der Waals surface area contributed by atoms with E-state index in [1.165, 1.54) is 0 Å². The molecule has 0 spiro atoms. The molecular weight excluding hydrogens is 402 g/mol. The average Bonchev–Trinajstić information content (AvgIpc) is 3.32. The predicted octanol–water partition coefficient (Wildman–Crippen LogP) is 2.55. The van der Waals surface area contributed by atoms with Crippen molar-refractivity contribution < 1.29 is 13.9 Å². The highest BCUT2D eigenvalue weighted by Gasteiger charge is 2.26. The number of nitrogen functional groups attached to an aromatic ring is 1. The fourth-order valence-corrected chi connectivity index (χ4v) is 3.86. The van der Waals surface area contributed by atoms with E-state index in [0.29, 0.717) is 24.3 Å². The summed E-state index contributed by atoms with van der Waals surface area (Å²) in [6, 6.07) is 1.85. The molecule has 0 radical (unpaired) electrons. The van der Waals surface area contributed by atoms with Crippen LogP contribution in [0.3, 0.4) is 0 Å². The van der Waals surface area contributed by atoms with Crippen LogP contribution in [0.4, 0.5) is 14.7 Å². The number of nitrogens with zero attached hydrogens (tertiary/aromatic N) is 5. The lowest BCUT2D eigenvalue weighted by Gasteiger charge is -2.16. The molecule has 0 amide bonds. The molecule has 7 nitrogen and oxygen atoms in total. The minimum absolute atomic E-state index is 0.0246. The molecule has 3 N–H and O–H groups in total. The Hall–Kier alpha value is -3.09. The Morgan fingerprint density at radius 2 is 2.13 bits per heavy atom. The van der Waals surface area contributed by atoms with Crippen LogP contribution in [0.2, 0.25) is 0 Å². The second kappa shape index (κ2) is 8.21. The van der Waals surface area contributed by atoms with Crippen LogP contribution >= 0.6 is 0 Å². The number of fused-ring (bicyclic) bond motifs is 1. The standard InChI is InChI=1S/C22H24F2N6O/c1-22(2,31)5-3-14-9-16-17(20-18(24)10-27-21(25)28-20)13-30(19(16)11-26-14)15-4-7-29(12-15)8-6-23/h9-11,13,15,31H,4,6-8,12H2,1-2H3,(H2,25,27,28). The van der Waals surface area contributed by atoms with Crippen LogP contribution in [-0.2, 0) is 0 Å². The normalized spacial score (nSPS) is 17.1. The van der Waals surface area contributed by atoms with Gasteiger partial charge in [0.05, 0.1) is 17.9 Å². The third kappa shape index (κ3) is 4.50. The number of rotatable bonds is 4. The van der Waals surface area contributed by atoms with Gasteiger partial charge in [0.15, 0.2) is 5.82 Å². The smallest absolute Gasteiger partial charge is 0.220 e. The van der Waals surface area contributed by atoms with E-state index in [4.69, 9.17) is 5.73 Å². The summed E-state index contributed by atoms with van der Waals surface area (Å²) in [5.41, 5.74) is 6.45. The first-order valence-electron chi connectivity index (χ1n) is 10.1. The lowest BCUT2D eigenvalue weighted by molar-refractivity contribution is 0.143. The average molecular weight is 426 g/mol. The van der Waals surface area contributed by atoms with E-state index in [9.17, 15) is 13.9 Å². The summed E-state index contributed by atoms with van der Waals surface area (Å²) in [4.78, 5) is 14.3. The largest absolute Gasteiger partial charge is 0.378 e. The zero-order valence-electron chi connectivity index (χ0n) is 17.4. The fourth-order valence-electron chi connectivity index (χ4n) is 3.86. The third-order valence-corrected chi connectivity index (χ3v) is 5.28. The van der Waals surface area contributed by atoms with Gasteiger partial charge in [0.25, 0.3) is 0 Å². The van der Waals surface area contributed by atoms with Crippen molar-refractivity contribution in [2.75, 3.05) is 32.0 Å². The van der Waals surface area contributed by atoms with Crippen LogP contribution in [-0.4, -0.2) is 61.4 Å². The Morgan fingerprint density at radius 3 is 2.87 bits per heavy atom. The van der Waals surface area contributed by atoms with Gasteiger partial charge in [-0.3, -0.25) is 4.90 Å². The van der Waals surface area contributed by atoms with Gasteiger partial charge in [-0.2, -0.15) is 0 Å². The van der Waals surface area contributed by atoms with E-state index in [0.717, 1.165) is 30.1 Å². The van der Waals surface area contributed by atoms with Gasteiger partial charge in [-0.05, 0) is 32.3 Å². The number of aliphatic hydroxyl groups is 1. The number of aromatic nitrogens is 4. The van der Waals surface area contributed by atoms with Crippen molar-refractivity contribution in [3.63, 3.8) is 0 Å². The minimum Gasteiger partial charge on any atom is -0.378 e. The zero-order valence-corrected chi connectivity index (χ0v) is 17.4. The van der Waals surface area contributed by atoms with E-state index >= 15 is 0 Å². The first-order valence-corrected chi connectivity index (χ1v) is 10.1. The first kappa shape index (κ1) is 21.2. The number of anilines is 1. The van der Waals surface area contributed by atoms with Crippen molar-refractivity contribution in [2.24, 2.45) is 0 Å². The number of nitrogens with two attached hydrogens (primary N) is 1. The van der Waals surface area contributed by atoms with E-state index in [1.807, 2.05) is 10.8 Å². The summed E-state index contributed by atoms with van der Waals surface area (Å²) in [6.45, 7) is 4.67. The molecule has 1 atom stereocenters. The Labute approximate surface area is 178 Å². The third-order valence-electron chi connectivity index (χ3n) is 5.28. The molecule has 1 aliphatic rings. The van der Waals surface area contributed by atoms with Gasteiger partial charge in [-0.1, -0.05) is 5.92 Å². The maximum absolute atomic E-state index is 14.6. The van der Waals surface area contributed by atoms with Gasteiger partial charge in [0.1, 0.15) is 23.7 Å². The molecule has 0 aliphatic carbocycles. The molecule has 0 saturated carbocycles. The summed E-state index contributed by atoms with van der Waals surface area (Å²) in [6.07, 6.45) is 5.43. The van der Waals surface area contributed by atoms with E-state index < -0.39 is 11.4 Å². The summed E-state index contributed by atoms with van der Waals surface area (Å²) in [5, 5.41) is 10.6. The Morgan fingerprint density at radius 1 is 1.32 bits per heavy atom. The van der Waals surface area contributed by atoms with E-state index in [-0.39, 0.29) is 24.4 Å². The second-order valence-electron chi connectivity index (χ2n) is 8.20.